The van der Waals surface area contributed by atoms with E-state index in [1.54, 1.807) is 29.1 Å². The third kappa shape index (κ3) is 2.52. The van der Waals surface area contributed by atoms with Crippen molar-refractivity contribution in [3.63, 3.8) is 0 Å². The van der Waals surface area contributed by atoms with Crippen LogP contribution in [-0.4, -0.2) is 31.1 Å². The monoisotopic (exact) mass is 302 g/mol. The fourth-order valence-electron chi connectivity index (χ4n) is 2.17. The van der Waals surface area contributed by atoms with Gasteiger partial charge in [0, 0.05) is 11.6 Å². The summed E-state index contributed by atoms with van der Waals surface area (Å²) < 4.78 is 1.68. The first-order chi connectivity index (χ1) is 10.1. The van der Waals surface area contributed by atoms with Crippen LogP contribution in [0.2, 0.25) is 0 Å². The maximum absolute atomic E-state index is 11.2. The van der Waals surface area contributed by atoms with E-state index in [-0.39, 0.29) is 0 Å². The van der Waals surface area contributed by atoms with Gasteiger partial charge in [0.15, 0.2) is 5.82 Å². The van der Waals surface area contributed by atoms with Crippen molar-refractivity contribution >= 4 is 27.5 Å². The normalized spacial score (nSPS) is 11.4. The molecule has 0 radical (unpaired) electrons. The minimum atomic E-state index is -0.919. The van der Waals surface area contributed by atoms with Crippen LogP contribution in [0, 0.1) is 5.92 Å². The molecule has 0 fully saturated rings. The van der Waals surface area contributed by atoms with Gasteiger partial charge in [0.2, 0.25) is 0 Å². The standard InChI is InChI=1S/C14H14N4O2S/c1-8(2)6-10-9-7-11(14(19)20)21-13(9)18(17-10)12-4-3-5-15-16-12/h3-5,7-8H,6H2,1-2H3,(H,19,20). The van der Waals surface area contributed by atoms with Gasteiger partial charge in [0.05, 0.1) is 5.69 Å². The number of fused-ring (bicyclic) bond motifs is 1. The summed E-state index contributed by atoms with van der Waals surface area (Å²) in [6, 6.07) is 5.28. The highest BCUT2D eigenvalue weighted by Gasteiger charge is 2.19. The second-order valence-corrected chi connectivity index (χ2v) is 6.20. The van der Waals surface area contributed by atoms with E-state index in [1.807, 2.05) is 0 Å². The molecule has 0 atom stereocenters. The van der Waals surface area contributed by atoms with Gasteiger partial charge in [0.25, 0.3) is 0 Å². The van der Waals surface area contributed by atoms with Crippen molar-refractivity contribution in [2.45, 2.75) is 20.3 Å². The van der Waals surface area contributed by atoms with E-state index >= 15 is 0 Å². The van der Waals surface area contributed by atoms with E-state index in [1.165, 1.54) is 11.3 Å². The van der Waals surface area contributed by atoms with Gasteiger partial charge in [0.1, 0.15) is 9.71 Å². The number of hydrogen-bond acceptors (Lipinski definition) is 5. The molecule has 0 aliphatic heterocycles. The molecule has 0 bridgehead atoms. The molecular formula is C14H14N4O2S. The highest BCUT2D eigenvalue weighted by molar-refractivity contribution is 7.20. The van der Waals surface area contributed by atoms with Crippen molar-refractivity contribution in [2.24, 2.45) is 5.92 Å². The predicted molar refractivity (Wildman–Crippen MR) is 80.0 cm³/mol. The maximum Gasteiger partial charge on any atom is 0.345 e. The molecule has 0 saturated carbocycles. The lowest BCUT2D eigenvalue weighted by atomic mass is 10.1. The third-order valence-corrected chi connectivity index (χ3v) is 4.12. The molecule has 0 aliphatic rings. The molecule has 3 rings (SSSR count). The van der Waals surface area contributed by atoms with Gasteiger partial charge in [-0.3, -0.25) is 0 Å². The fourth-order valence-corrected chi connectivity index (χ4v) is 3.15. The molecular weight excluding hydrogens is 288 g/mol. The second kappa shape index (κ2) is 5.25. The summed E-state index contributed by atoms with van der Waals surface area (Å²) in [6.45, 7) is 4.22. The zero-order valence-electron chi connectivity index (χ0n) is 11.6. The van der Waals surface area contributed by atoms with Gasteiger partial charge >= 0.3 is 5.97 Å². The Labute approximate surface area is 125 Å². The Kier molecular flexibility index (Phi) is 3.42. The smallest absolute Gasteiger partial charge is 0.345 e. The Balaban J connectivity index is 2.21. The van der Waals surface area contributed by atoms with E-state index in [0.717, 1.165) is 22.3 Å². The Bertz CT molecular complexity index is 792. The number of nitrogens with zero attached hydrogens (tertiary/aromatic N) is 4. The topological polar surface area (TPSA) is 80.9 Å². The second-order valence-electron chi connectivity index (χ2n) is 5.17. The number of carboxylic acids is 1. The minimum absolute atomic E-state index is 0.310. The van der Waals surface area contributed by atoms with Crippen molar-refractivity contribution in [1.82, 2.24) is 20.0 Å². The first-order valence-corrected chi connectivity index (χ1v) is 7.40. The number of hydrogen-bond donors (Lipinski definition) is 1. The molecule has 0 spiro atoms. The van der Waals surface area contributed by atoms with Gasteiger partial charge in [-0.15, -0.1) is 16.4 Å². The van der Waals surface area contributed by atoms with Gasteiger partial charge < -0.3 is 5.11 Å². The van der Waals surface area contributed by atoms with E-state index < -0.39 is 5.97 Å². The summed E-state index contributed by atoms with van der Waals surface area (Å²) in [5.74, 6) is 0.111. The fraction of sp³-hybridized carbons (Fsp3) is 0.286. The molecule has 0 amide bonds. The van der Waals surface area contributed by atoms with Crippen LogP contribution in [0.15, 0.2) is 24.4 Å². The van der Waals surface area contributed by atoms with Crippen LogP contribution in [0.1, 0.15) is 29.2 Å². The van der Waals surface area contributed by atoms with Crippen LogP contribution < -0.4 is 0 Å². The summed E-state index contributed by atoms with van der Waals surface area (Å²) in [6.07, 6.45) is 2.38. The van der Waals surface area contributed by atoms with Gasteiger partial charge in [-0.2, -0.15) is 10.2 Å². The molecule has 0 aliphatic carbocycles. The first-order valence-electron chi connectivity index (χ1n) is 6.59. The Morgan fingerprint density at radius 1 is 1.48 bits per heavy atom. The molecule has 0 unspecified atom stereocenters. The molecule has 0 saturated heterocycles. The number of carbonyl (C=O) groups is 1. The molecule has 3 aromatic rings. The number of carboxylic acid groups (broad SMARTS) is 1. The SMILES string of the molecule is CC(C)Cc1nn(-c2cccnn2)c2sc(C(=O)O)cc12. The molecule has 3 heterocycles. The maximum atomic E-state index is 11.2. The summed E-state index contributed by atoms with van der Waals surface area (Å²) >= 11 is 1.21. The lowest BCUT2D eigenvalue weighted by molar-refractivity contribution is 0.0702. The van der Waals surface area contributed by atoms with Crippen LogP contribution in [0.25, 0.3) is 16.0 Å². The van der Waals surface area contributed by atoms with E-state index in [0.29, 0.717) is 16.6 Å². The Morgan fingerprint density at radius 3 is 2.90 bits per heavy atom. The molecule has 7 heteroatoms. The van der Waals surface area contributed by atoms with Gasteiger partial charge in [-0.1, -0.05) is 13.8 Å². The average molecular weight is 302 g/mol. The van der Waals surface area contributed by atoms with Crippen LogP contribution in [0.4, 0.5) is 0 Å². The van der Waals surface area contributed by atoms with Crippen LogP contribution in [0.5, 0.6) is 0 Å². The van der Waals surface area contributed by atoms with Crippen LogP contribution in [0.3, 0.4) is 0 Å². The summed E-state index contributed by atoms with van der Waals surface area (Å²) in [4.78, 5) is 12.3. The number of rotatable bonds is 4. The Hall–Kier alpha value is -2.28. The lowest BCUT2D eigenvalue weighted by Gasteiger charge is -2.01. The average Bonchev–Trinajstić information content (AvgIpc) is 3.00. The molecule has 21 heavy (non-hydrogen) atoms. The van der Waals surface area contributed by atoms with Crippen LogP contribution in [-0.2, 0) is 6.42 Å². The zero-order chi connectivity index (χ0) is 15.0. The number of aromatic carboxylic acids is 1. The quantitative estimate of drug-likeness (QED) is 0.801. The molecule has 3 aromatic heterocycles. The van der Waals surface area contributed by atoms with Crippen molar-refractivity contribution < 1.29 is 9.90 Å². The molecule has 0 aromatic carbocycles. The van der Waals surface area contributed by atoms with Crippen molar-refractivity contribution in [3.05, 3.63) is 35.0 Å². The lowest BCUT2D eigenvalue weighted by Crippen LogP contribution is -2.02. The van der Waals surface area contributed by atoms with Gasteiger partial charge in [-0.05, 0) is 30.5 Å². The summed E-state index contributed by atoms with van der Waals surface area (Å²) in [5.41, 5.74) is 0.898. The number of thiophene rings is 1. The molecule has 1 N–H and O–H groups in total. The summed E-state index contributed by atoms with van der Waals surface area (Å²) in [7, 11) is 0. The predicted octanol–water partition coefficient (Wildman–Crippen LogP) is 2.77. The highest BCUT2D eigenvalue weighted by Crippen LogP contribution is 2.31. The first kappa shape index (κ1) is 13.7. The van der Waals surface area contributed by atoms with Gasteiger partial charge in [-0.25, -0.2) is 9.48 Å². The molecule has 108 valence electrons. The van der Waals surface area contributed by atoms with Crippen molar-refractivity contribution in [2.75, 3.05) is 0 Å². The van der Waals surface area contributed by atoms with E-state index in [4.69, 9.17) is 0 Å². The summed E-state index contributed by atoms with van der Waals surface area (Å²) in [5, 5.41) is 22.6. The minimum Gasteiger partial charge on any atom is -0.477 e. The third-order valence-electron chi connectivity index (χ3n) is 3.02. The highest BCUT2D eigenvalue weighted by atomic mass is 32.1. The van der Waals surface area contributed by atoms with Crippen LogP contribution >= 0.6 is 11.3 Å². The van der Waals surface area contributed by atoms with Crippen molar-refractivity contribution in [1.29, 1.82) is 0 Å². The van der Waals surface area contributed by atoms with Crippen molar-refractivity contribution in [3.8, 4) is 5.82 Å². The zero-order valence-corrected chi connectivity index (χ0v) is 12.5. The molecule has 6 nitrogen and oxygen atoms in total. The Morgan fingerprint density at radius 2 is 2.29 bits per heavy atom. The van der Waals surface area contributed by atoms with E-state index in [2.05, 4.69) is 29.1 Å². The van der Waals surface area contributed by atoms with E-state index in [9.17, 15) is 9.90 Å². The number of aromatic nitrogens is 4. The largest absolute Gasteiger partial charge is 0.477 e.